The van der Waals surface area contributed by atoms with E-state index in [4.69, 9.17) is 4.74 Å². The van der Waals surface area contributed by atoms with Crippen molar-refractivity contribution in [3.63, 3.8) is 0 Å². The Morgan fingerprint density at radius 2 is 1.88 bits per heavy atom. The highest BCUT2D eigenvalue weighted by molar-refractivity contribution is 5.92. The molecular formula is C15H18O2. The van der Waals surface area contributed by atoms with Gasteiger partial charge >= 0.3 is 0 Å². The minimum Gasteiger partial charge on any atom is -0.500 e. The fourth-order valence-corrected chi connectivity index (χ4v) is 2.56. The summed E-state index contributed by atoms with van der Waals surface area (Å²) in [4.78, 5) is 11.7. The minimum absolute atomic E-state index is 0.135. The molecule has 0 radical (unpaired) electrons. The molecular weight excluding hydrogens is 212 g/mol. The van der Waals surface area contributed by atoms with Crippen LogP contribution in [0.5, 0.6) is 0 Å². The lowest BCUT2D eigenvalue weighted by Gasteiger charge is -2.38. The van der Waals surface area contributed by atoms with Crippen LogP contribution in [0.3, 0.4) is 0 Å². The van der Waals surface area contributed by atoms with E-state index in [9.17, 15) is 4.79 Å². The van der Waals surface area contributed by atoms with Crippen LogP contribution in [0.2, 0.25) is 0 Å². The Balaban J connectivity index is 2.43. The van der Waals surface area contributed by atoms with Crippen LogP contribution in [0, 0.1) is 5.41 Å². The summed E-state index contributed by atoms with van der Waals surface area (Å²) in [5.41, 5.74) is 1.07. The molecule has 1 aliphatic carbocycles. The molecule has 1 aromatic rings. The van der Waals surface area contributed by atoms with Gasteiger partial charge in [0.25, 0.3) is 0 Å². The molecule has 0 spiro atoms. The molecule has 1 atom stereocenters. The molecule has 1 aromatic carbocycles. The van der Waals surface area contributed by atoms with Crippen molar-refractivity contribution in [1.82, 2.24) is 0 Å². The zero-order chi connectivity index (χ0) is 12.5. The lowest BCUT2D eigenvalue weighted by atomic mass is 9.68. The molecule has 0 fully saturated rings. The third-order valence-corrected chi connectivity index (χ3v) is 3.63. The minimum atomic E-state index is -0.135. The van der Waals surface area contributed by atoms with Crippen LogP contribution < -0.4 is 0 Å². The van der Waals surface area contributed by atoms with Crippen molar-refractivity contribution in [1.29, 1.82) is 0 Å². The number of carbonyl (C=O) groups is 1. The Kier molecular flexibility index (Phi) is 3.05. The van der Waals surface area contributed by atoms with Crippen LogP contribution in [0.25, 0.3) is 0 Å². The van der Waals surface area contributed by atoms with Crippen molar-refractivity contribution in [2.24, 2.45) is 5.41 Å². The number of ketones is 1. The van der Waals surface area contributed by atoms with Gasteiger partial charge in [0.15, 0.2) is 5.78 Å². The number of hydrogen-bond donors (Lipinski definition) is 0. The number of rotatable bonds is 2. The quantitative estimate of drug-likeness (QED) is 0.779. The molecule has 0 bridgehead atoms. The van der Waals surface area contributed by atoms with E-state index < -0.39 is 0 Å². The molecule has 0 N–H and O–H groups in total. The Morgan fingerprint density at radius 1 is 1.24 bits per heavy atom. The van der Waals surface area contributed by atoms with Crippen molar-refractivity contribution in [2.45, 2.75) is 26.2 Å². The average Bonchev–Trinajstić information content (AvgIpc) is 2.32. The van der Waals surface area contributed by atoms with Gasteiger partial charge in [0.05, 0.1) is 7.11 Å². The van der Waals surface area contributed by atoms with E-state index in [-0.39, 0.29) is 17.1 Å². The second-order valence-corrected chi connectivity index (χ2v) is 5.07. The predicted octanol–water partition coefficient (Wildman–Crippen LogP) is 3.30. The smallest absolute Gasteiger partial charge is 0.159 e. The van der Waals surface area contributed by atoms with Crippen LogP contribution in [0.15, 0.2) is 42.2 Å². The zero-order valence-corrected chi connectivity index (χ0v) is 10.6. The molecule has 0 heterocycles. The summed E-state index contributed by atoms with van der Waals surface area (Å²) in [5, 5.41) is 0. The molecule has 90 valence electrons. The van der Waals surface area contributed by atoms with Crippen LogP contribution in [0.4, 0.5) is 0 Å². The van der Waals surface area contributed by atoms with Gasteiger partial charge in [-0.2, -0.15) is 0 Å². The number of carbonyl (C=O) groups excluding carboxylic acids is 1. The molecule has 0 saturated carbocycles. The molecule has 0 saturated heterocycles. The van der Waals surface area contributed by atoms with Crippen molar-refractivity contribution in [3.05, 3.63) is 47.7 Å². The molecule has 1 aliphatic rings. The lowest BCUT2D eigenvalue weighted by Crippen LogP contribution is -2.31. The first kappa shape index (κ1) is 11.9. The van der Waals surface area contributed by atoms with Crippen LogP contribution in [0.1, 0.15) is 31.7 Å². The summed E-state index contributed by atoms with van der Waals surface area (Å²) in [7, 11) is 1.63. The van der Waals surface area contributed by atoms with E-state index in [2.05, 4.69) is 26.0 Å². The van der Waals surface area contributed by atoms with Crippen LogP contribution >= 0.6 is 0 Å². The summed E-state index contributed by atoms with van der Waals surface area (Å²) in [6, 6.07) is 10.2. The molecule has 0 aromatic heterocycles. The SMILES string of the molecule is COC1=CC(=O)CC(c2ccccc2)C1(C)C. The molecule has 0 aliphatic heterocycles. The van der Waals surface area contributed by atoms with Gasteiger partial charge in [-0.3, -0.25) is 4.79 Å². The van der Waals surface area contributed by atoms with Gasteiger partial charge in [-0.25, -0.2) is 0 Å². The van der Waals surface area contributed by atoms with Gasteiger partial charge in [0.1, 0.15) is 5.76 Å². The molecule has 2 heteroatoms. The number of allylic oxidation sites excluding steroid dienone is 2. The standard InChI is InChI=1S/C15H18O2/c1-15(2)13(11-7-5-4-6-8-11)9-12(16)10-14(15)17-3/h4-8,10,13H,9H2,1-3H3. The fraction of sp³-hybridized carbons (Fsp3) is 0.400. The Morgan fingerprint density at radius 3 is 2.47 bits per heavy atom. The Bertz CT molecular complexity index is 443. The van der Waals surface area contributed by atoms with E-state index in [0.29, 0.717) is 6.42 Å². The van der Waals surface area contributed by atoms with Crippen LogP contribution in [-0.4, -0.2) is 12.9 Å². The van der Waals surface area contributed by atoms with E-state index in [1.807, 2.05) is 18.2 Å². The van der Waals surface area contributed by atoms with E-state index in [1.165, 1.54) is 5.56 Å². The number of benzene rings is 1. The third kappa shape index (κ3) is 2.12. The molecule has 0 amide bonds. The maximum atomic E-state index is 11.7. The van der Waals surface area contributed by atoms with Gasteiger partial charge in [0.2, 0.25) is 0 Å². The van der Waals surface area contributed by atoms with Gasteiger partial charge in [-0.1, -0.05) is 44.2 Å². The number of methoxy groups -OCH3 is 1. The van der Waals surface area contributed by atoms with Crippen LogP contribution in [-0.2, 0) is 9.53 Å². The van der Waals surface area contributed by atoms with E-state index in [0.717, 1.165) is 5.76 Å². The summed E-state index contributed by atoms with van der Waals surface area (Å²) in [6.07, 6.45) is 2.20. The predicted molar refractivity (Wildman–Crippen MR) is 67.7 cm³/mol. The first-order chi connectivity index (χ1) is 8.05. The largest absolute Gasteiger partial charge is 0.500 e. The van der Waals surface area contributed by atoms with Gasteiger partial charge < -0.3 is 4.74 Å². The third-order valence-electron chi connectivity index (χ3n) is 3.63. The lowest BCUT2D eigenvalue weighted by molar-refractivity contribution is -0.116. The highest BCUT2D eigenvalue weighted by Crippen LogP contribution is 2.46. The monoisotopic (exact) mass is 230 g/mol. The van der Waals surface area contributed by atoms with Crippen molar-refractivity contribution in [2.75, 3.05) is 7.11 Å². The summed E-state index contributed by atoms with van der Waals surface area (Å²) in [6.45, 7) is 4.26. The molecule has 17 heavy (non-hydrogen) atoms. The summed E-state index contributed by atoms with van der Waals surface area (Å²) < 4.78 is 5.37. The van der Waals surface area contributed by atoms with Crippen molar-refractivity contribution in [3.8, 4) is 0 Å². The second-order valence-electron chi connectivity index (χ2n) is 5.07. The highest BCUT2D eigenvalue weighted by Gasteiger charge is 2.40. The normalized spacial score (nSPS) is 23.1. The fourth-order valence-electron chi connectivity index (χ4n) is 2.56. The zero-order valence-electron chi connectivity index (χ0n) is 10.6. The molecule has 2 nitrogen and oxygen atoms in total. The Hall–Kier alpha value is -1.57. The Labute approximate surface area is 102 Å². The average molecular weight is 230 g/mol. The van der Waals surface area contributed by atoms with E-state index >= 15 is 0 Å². The second kappa shape index (κ2) is 4.36. The first-order valence-corrected chi connectivity index (χ1v) is 5.89. The highest BCUT2D eigenvalue weighted by atomic mass is 16.5. The van der Waals surface area contributed by atoms with Gasteiger partial charge in [-0.15, -0.1) is 0 Å². The topological polar surface area (TPSA) is 26.3 Å². The first-order valence-electron chi connectivity index (χ1n) is 5.89. The van der Waals surface area contributed by atoms with Crippen molar-refractivity contribution < 1.29 is 9.53 Å². The molecule has 1 unspecified atom stereocenters. The molecule has 2 rings (SSSR count). The number of hydrogen-bond acceptors (Lipinski definition) is 2. The van der Waals surface area contributed by atoms with Crippen molar-refractivity contribution >= 4 is 5.78 Å². The van der Waals surface area contributed by atoms with E-state index in [1.54, 1.807) is 13.2 Å². The maximum absolute atomic E-state index is 11.7. The summed E-state index contributed by atoms with van der Waals surface area (Å²) >= 11 is 0. The van der Waals surface area contributed by atoms with Gasteiger partial charge in [-0.05, 0) is 5.56 Å². The summed E-state index contributed by atoms with van der Waals surface area (Å²) in [5.74, 6) is 1.12. The number of ether oxygens (including phenoxy) is 1. The van der Waals surface area contributed by atoms with Gasteiger partial charge in [0, 0.05) is 23.8 Å². The maximum Gasteiger partial charge on any atom is 0.159 e.